The first-order valence-corrected chi connectivity index (χ1v) is 6.26. The molecule has 2 N–H and O–H groups in total. The van der Waals surface area contributed by atoms with Gasteiger partial charge in [0.1, 0.15) is 4.70 Å². The number of benzene rings is 1. The van der Waals surface area contributed by atoms with Gasteiger partial charge in [-0.15, -0.1) is 0 Å². The number of thiazole rings is 1. The maximum Gasteiger partial charge on any atom is 0.270 e. The average Bonchev–Trinajstić information content (AvgIpc) is 2.82. The largest absolute Gasteiger partial charge is 0.357 e. The van der Waals surface area contributed by atoms with E-state index >= 15 is 0 Å². The van der Waals surface area contributed by atoms with E-state index in [1.165, 1.54) is 23.2 Å². The molecule has 0 atom stereocenters. The van der Waals surface area contributed by atoms with Crippen LogP contribution in [0.1, 0.15) is 5.56 Å². The minimum absolute atomic E-state index is 0.148. The number of aromatic nitrogens is 3. The molecule has 0 bridgehead atoms. The van der Waals surface area contributed by atoms with E-state index < -0.39 is 0 Å². The number of nitrogens with zero attached hydrogens (tertiary/aromatic N) is 2. The van der Waals surface area contributed by atoms with Crippen LogP contribution >= 0.6 is 11.3 Å². The molecule has 2 aromatic heterocycles. The van der Waals surface area contributed by atoms with Crippen molar-refractivity contribution in [3.63, 3.8) is 0 Å². The number of rotatable bonds is 3. The van der Waals surface area contributed by atoms with Crippen LogP contribution < -0.4 is 10.9 Å². The van der Waals surface area contributed by atoms with Crippen LogP contribution in [0, 0.1) is 0 Å². The predicted molar refractivity (Wildman–Crippen MR) is 71.8 cm³/mol. The molecular weight excluding hydrogens is 248 g/mol. The molecule has 0 unspecified atom stereocenters. The van der Waals surface area contributed by atoms with Crippen molar-refractivity contribution in [3.05, 3.63) is 52.6 Å². The summed E-state index contributed by atoms with van der Waals surface area (Å²) >= 11 is 1.31. The lowest BCUT2D eigenvalue weighted by Gasteiger charge is -2.01. The molecule has 0 saturated carbocycles. The zero-order chi connectivity index (χ0) is 12.4. The zero-order valence-corrected chi connectivity index (χ0v) is 10.2. The van der Waals surface area contributed by atoms with Gasteiger partial charge in [-0.1, -0.05) is 41.7 Å². The highest BCUT2D eigenvalue weighted by atomic mass is 32.1. The second-order valence-electron chi connectivity index (χ2n) is 3.74. The van der Waals surface area contributed by atoms with Gasteiger partial charge < -0.3 is 10.3 Å². The summed E-state index contributed by atoms with van der Waals surface area (Å²) in [5, 5.41) is 3.90. The van der Waals surface area contributed by atoms with Crippen LogP contribution in [-0.4, -0.2) is 15.0 Å². The molecule has 0 amide bonds. The Hall–Kier alpha value is -2.21. The van der Waals surface area contributed by atoms with Gasteiger partial charge in [0.05, 0.1) is 6.33 Å². The number of fused-ring (bicyclic) bond motifs is 1. The van der Waals surface area contributed by atoms with Gasteiger partial charge in [-0.05, 0) is 5.56 Å². The molecule has 6 heteroatoms. The summed E-state index contributed by atoms with van der Waals surface area (Å²) in [6.07, 6.45) is 1.37. The van der Waals surface area contributed by atoms with Gasteiger partial charge in [0.2, 0.25) is 0 Å². The van der Waals surface area contributed by atoms with Crippen molar-refractivity contribution in [1.82, 2.24) is 15.0 Å². The number of hydrogen-bond acceptors (Lipinski definition) is 5. The van der Waals surface area contributed by atoms with E-state index in [2.05, 4.69) is 20.3 Å². The SMILES string of the molecule is O=c1[nH]cnc2nc(NCc3ccccc3)sc12. The predicted octanol–water partition coefficient (Wildman–Crippen LogP) is 1.99. The Morgan fingerprint density at radius 2 is 2.11 bits per heavy atom. The quantitative estimate of drug-likeness (QED) is 0.753. The molecule has 0 spiro atoms. The summed E-state index contributed by atoms with van der Waals surface area (Å²) in [4.78, 5) is 22.3. The summed E-state index contributed by atoms with van der Waals surface area (Å²) in [7, 11) is 0. The topological polar surface area (TPSA) is 70.7 Å². The fourth-order valence-corrected chi connectivity index (χ4v) is 2.43. The molecule has 5 nitrogen and oxygen atoms in total. The van der Waals surface area contributed by atoms with Crippen LogP contribution in [0.15, 0.2) is 41.5 Å². The lowest BCUT2D eigenvalue weighted by molar-refractivity contribution is 1.12. The maximum absolute atomic E-state index is 11.5. The smallest absolute Gasteiger partial charge is 0.270 e. The molecule has 2 heterocycles. The van der Waals surface area contributed by atoms with Gasteiger partial charge in [0.15, 0.2) is 10.8 Å². The van der Waals surface area contributed by atoms with E-state index in [-0.39, 0.29) is 5.56 Å². The molecule has 3 aromatic rings. The van der Waals surface area contributed by atoms with Crippen molar-refractivity contribution >= 4 is 26.8 Å². The second kappa shape index (κ2) is 4.58. The molecule has 90 valence electrons. The first kappa shape index (κ1) is 10.9. The van der Waals surface area contributed by atoms with Crippen molar-refractivity contribution in [2.75, 3.05) is 5.32 Å². The van der Waals surface area contributed by atoms with E-state index in [9.17, 15) is 4.79 Å². The highest BCUT2D eigenvalue weighted by Crippen LogP contribution is 2.21. The van der Waals surface area contributed by atoms with Crippen molar-refractivity contribution in [2.24, 2.45) is 0 Å². The maximum atomic E-state index is 11.5. The molecule has 0 fully saturated rings. The van der Waals surface area contributed by atoms with Gasteiger partial charge >= 0.3 is 0 Å². The standard InChI is InChI=1S/C12H10N4OS/c17-11-9-10(14-7-15-11)16-12(18-9)13-6-8-4-2-1-3-5-8/h1-5,7H,6H2,(H2,13,14,15,16,17). The summed E-state index contributed by atoms with van der Waals surface area (Å²) in [6, 6.07) is 10.0. The number of nitrogens with one attached hydrogen (secondary N) is 2. The van der Waals surface area contributed by atoms with Crippen molar-refractivity contribution in [2.45, 2.75) is 6.54 Å². The third-order valence-corrected chi connectivity index (χ3v) is 3.49. The van der Waals surface area contributed by atoms with Crippen LogP contribution in [0.25, 0.3) is 10.3 Å². The molecule has 0 radical (unpaired) electrons. The second-order valence-corrected chi connectivity index (χ2v) is 4.74. The Morgan fingerprint density at radius 1 is 1.28 bits per heavy atom. The van der Waals surface area contributed by atoms with Crippen molar-refractivity contribution < 1.29 is 0 Å². The molecule has 0 aliphatic rings. The van der Waals surface area contributed by atoms with E-state index in [0.29, 0.717) is 22.0 Å². The Balaban J connectivity index is 1.83. The molecular formula is C12H10N4OS. The summed E-state index contributed by atoms with van der Waals surface area (Å²) in [6.45, 7) is 0.679. The molecule has 1 aromatic carbocycles. The Labute approximate surface area is 107 Å². The monoisotopic (exact) mass is 258 g/mol. The highest BCUT2D eigenvalue weighted by molar-refractivity contribution is 7.22. The lowest BCUT2D eigenvalue weighted by Crippen LogP contribution is -2.03. The number of hydrogen-bond donors (Lipinski definition) is 2. The van der Waals surface area contributed by atoms with Crippen LogP contribution in [0.3, 0.4) is 0 Å². The summed E-state index contributed by atoms with van der Waals surface area (Å²) in [5.74, 6) is 0. The average molecular weight is 258 g/mol. The van der Waals surface area contributed by atoms with Crippen LogP contribution in [0.5, 0.6) is 0 Å². The Kier molecular flexibility index (Phi) is 2.77. The zero-order valence-electron chi connectivity index (χ0n) is 9.38. The van der Waals surface area contributed by atoms with Gasteiger partial charge in [-0.2, -0.15) is 4.98 Å². The Bertz CT molecular complexity index is 720. The lowest BCUT2D eigenvalue weighted by atomic mass is 10.2. The number of H-pyrrole nitrogens is 1. The van der Waals surface area contributed by atoms with Crippen molar-refractivity contribution in [3.8, 4) is 0 Å². The summed E-state index contributed by atoms with van der Waals surface area (Å²) in [5.41, 5.74) is 1.50. The first-order chi connectivity index (χ1) is 8.83. The van der Waals surface area contributed by atoms with Crippen LogP contribution in [0.2, 0.25) is 0 Å². The number of anilines is 1. The van der Waals surface area contributed by atoms with E-state index in [1.54, 1.807) is 0 Å². The van der Waals surface area contributed by atoms with Gasteiger partial charge in [-0.25, -0.2) is 4.98 Å². The van der Waals surface area contributed by atoms with E-state index in [4.69, 9.17) is 0 Å². The van der Waals surface area contributed by atoms with E-state index in [0.717, 1.165) is 0 Å². The minimum Gasteiger partial charge on any atom is -0.357 e. The van der Waals surface area contributed by atoms with Crippen LogP contribution in [0.4, 0.5) is 5.13 Å². The van der Waals surface area contributed by atoms with Crippen molar-refractivity contribution in [1.29, 1.82) is 0 Å². The molecule has 3 rings (SSSR count). The van der Waals surface area contributed by atoms with E-state index in [1.807, 2.05) is 30.3 Å². The molecule has 18 heavy (non-hydrogen) atoms. The van der Waals surface area contributed by atoms with Gasteiger partial charge in [0.25, 0.3) is 5.56 Å². The molecule has 0 aliphatic carbocycles. The normalized spacial score (nSPS) is 10.7. The highest BCUT2D eigenvalue weighted by Gasteiger charge is 2.07. The van der Waals surface area contributed by atoms with Gasteiger partial charge in [-0.3, -0.25) is 4.79 Å². The fourth-order valence-electron chi connectivity index (χ4n) is 1.61. The third-order valence-electron chi connectivity index (χ3n) is 2.48. The van der Waals surface area contributed by atoms with Crippen LogP contribution in [-0.2, 0) is 6.54 Å². The molecule has 0 saturated heterocycles. The Morgan fingerprint density at radius 3 is 2.89 bits per heavy atom. The summed E-state index contributed by atoms with van der Waals surface area (Å²) < 4.78 is 0.549. The number of aromatic amines is 1. The molecule has 0 aliphatic heterocycles. The van der Waals surface area contributed by atoms with Gasteiger partial charge in [0, 0.05) is 6.54 Å². The first-order valence-electron chi connectivity index (χ1n) is 5.45. The third kappa shape index (κ3) is 2.10. The fraction of sp³-hybridized carbons (Fsp3) is 0.0833. The minimum atomic E-state index is -0.148.